The van der Waals surface area contributed by atoms with Gasteiger partial charge in [-0.3, -0.25) is 0 Å². The Morgan fingerprint density at radius 3 is 2.75 bits per heavy atom. The molecule has 0 bridgehead atoms. The number of likely N-dealkylation sites (N-methyl/N-ethyl adjacent to an activating group) is 1. The lowest BCUT2D eigenvalue weighted by molar-refractivity contribution is 0.0588. The maximum atomic E-state index is 5.59. The van der Waals surface area contributed by atoms with Crippen molar-refractivity contribution < 1.29 is 9.47 Å². The minimum Gasteiger partial charge on any atom is -0.382 e. The largest absolute Gasteiger partial charge is 0.382 e. The molecule has 1 aromatic carbocycles. The topological polar surface area (TPSA) is 61.2 Å². The summed E-state index contributed by atoms with van der Waals surface area (Å²) in [7, 11) is 3.56. The first kappa shape index (κ1) is 14.6. The summed E-state index contributed by atoms with van der Waals surface area (Å²) in [6.07, 6.45) is 1.76. The van der Waals surface area contributed by atoms with Crippen molar-refractivity contribution in [2.24, 2.45) is 0 Å². The summed E-state index contributed by atoms with van der Waals surface area (Å²) in [5.41, 5.74) is 1.95. The molecule has 1 heterocycles. The van der Waals surface area contributed by atoms with Gasteiger partial charge in [0.15, 0.2) is 0 Å². The van der Waals surface area contributed by atoms with Gasteiger partial charge in [-0.1, -0.05) is 23.4 Å². The number of nitrogens with zero attached hydrogens (tertiary/aromatic N) is 3. The number of ether oxygens (including phenoxy) is 2. The van der Waals surface area contributed by atoms with E-state index in [0.717, 1.165) is 11.4 Å². The summed E-state index contributed by atoms with van der Waals surface area (Å²) >= 11 is 0. The summed E-state index contributed by atoms with van der Waals surface area (Å²) in [5.74, 6) is 0. The summed E-state index contributed by atoms with van der Waals surface area (Å²) in [6, 6.07) is 9.95. The Kier molecular flexibility index (Phi) is 5.67. The van der Waals surface area contributed by atoms with Crippen molar-refractivity contribution in [3.8, 4) is 5.69 Å². The molecule has 0 fully saturated rings. The van der Waals surface area contributed by atoms with Gasteiger partial charge in [-0.2, -0.15) is 0 Å². The molecule has 1 N–H and O–H groups in total. The number of rotatable bonds is 8. The van der Waals surface area contributed by atoms with E-state index in [2.05, 4.69) is 15.6 Å². The minimum absolute atomic E-state index is 0.0297. The van der Waals surface area contributed by atoms with Crippen molar-refractivity contribution in [1.29, 1.82) is 0 Å². The van der Waals surface area contributed by atoms with Crippen molar-refractivity contribution in [3.05, 3.63) is 42.2 Å². The Bertz CT molecular complexity index is 501. The fraction of sp³-hybridized carbons (Fsp3) is 0.429. The molecule has 0 amide bonds. The second-order valence-electron chi connectivity index (χ2n) is 4.32. The van der Waals surface area contributed by atoms with Crippen LogP contribution in [0.4, 0.5) is 0 Å². The number of benzene rings is 1. The van der Waals surface area contributed by atoms with Gasteiger partial charge in [0.2, 0.25) is 0 Å². The van der Waals surface area contributed by atoms with Crippen LogP contribution in [0.25, 0.3) is 5.69 Å². The number of para-hydroxylation sites is 1. The Morgan fingerprint density at radius 1 is 1.25 bits per heavy atom. The molecular formula is C14H20N4O2. The maximum Gasteiger partial charge on any atom is 0.0838 e. The number of hydrogen-bond acceptors (Lipinski definition) is 5. The van der Waals surface area contributed by atoms with Crippen molar-refractivity contribution in [3.63, 3.8) is 0 Å². The standard InChI is InChI=1S/C14H20N4O2/c1-15-13(11-20-9-8-19-2)14-10-16-17-18(14)12-6-4-3-5-7-12/h3-7,10,13,15H,8-9,11H2,1-2H3. The van der Waals surface area contributed by atoms with Gasteiger partial charge in [0, 0.05) is 7.11 Å². The fourth-order valence-electron chi connectivity index (χ4n) is 1.91. The van der Waals surface area contributed by atoms with Gasteiger partial charge in [-0.25, -0.2) is 4.68 Å². The van der Waals surface area contributed by atoms with Crippen LogP contribution in [0.5, 0.6) is 0 Å². The van der Waals surface area contributed by atoms with Crippen LogP contribution in [0.2, 0.25) is 0 Å². The van der Waals surface area contributed by atoms with Crippen LogP contribution in [-0.4, -0.2) is 49.0 Å². The smallest absolute Gasteiger partial charge is 0.0838 e. The Labute approximate surface area is 118 Å². The lowest BCUT2D eigenvalue weighted by atomic mass is 10.2. The first-order valence-electron chi connectivity index (χ1n) is 6.56. The van der Waals surface area contributed by atoms with E-state index in [4.69, 9.17) is 9.47 Å². The average molecular weight is 276 g/mol. The van der Waals surface area contributed by atoms with E-state index in [1.807, 2.05) is 42.1 Å². The molecule has 6 heteroatoms. The number of methoxy groups -OCH3 is 1. The first-order chi connectivity index (χ1) is 9.86. The molecule has 0 aliphatic rings. The van der Waals surface area contributed by atoms with E-state index in [-0.39, 0.29) is 6.04 Å². The van der Waals surface area contributed by atoms with Crippen LogP contribution < -0.4 is 5.32 Å². The van der Waals surface area contributed by atoms with Gasteiger partial charge in [-0.05, 0) is 19.2 Å². The predicted octanol–water partition coefficient (Wildman–Crippen LogP) is 1.19. The summed E-state index contributed by atoms with van der Waals surface area (Å²) in [6.45, 7) is 1.70. The van der Waals surface area contributed by atoms with E-state index in [9.17, 15) is 0 Å². The van der Waals surface area contributed by atoms with Crippen LogP contribution in [0.3, 0.4) is 0 Å². The van der Waals surface area contributed by atoms with Gasteiger partial charge in [0.05, 0.1) is 43.4 Å². The van der Waals surface area contributed by atoms with E-state index < -0.39 is 0 Å². The molecule has 0 radical (unpaired) electrons. The Morgan fingerprint density at radius 2 is 2.05 bits per heavy atom. The third-order valence-electron chi connectivity index (χ3n) is 3.00. The van der Waals surface area contributed by atoms with Crippen LogP contribution in [-0.2, 0) is 9.47 Å². The van der Waals surface area contributed by atoms with Gasteiger partial charge in [0.25, 0.3) is 0 Å². The molecule has 20 heavy (non-hydrogen) atoms. The van der Waals surface area contributed by atoms with E-state index in [1.54, 1.807) is 13.3 Å². The Hall–Kier alpha value is -1.76. The number of hydrogen-bond donors (Lipinski definition) is 1. The number of aromatic nitrogens is 3. The molecule has 0 saturated carbocycles. The molecule has 0 aliphatic carbocycles. The highest BCUT2D eigenvalue weighted by Crippen LogP contribution is 2.16. The van der Waals surface area contributed by atoms with Gasteiger partial charge >= 0.3 is 0 Å². The van der Waals surface area contributed by atoms with Gasteiger partial charge < -0.3 is 14.8 Å². The van der Waals surface area contributed by atoms with Crippen LogP contribution in [0.15, 0.2) is 36.5 Å². The van der Waals surface area contributed by atoms with Crippen molar-refractivity contribution in [2.45, 2.75) is 6.04 Å². The van der Waals surface area contributed by atoms with Crippen LogP contribution in [0, 0.1) is 0 Å². The number of nitrogens with one attached hydrogen (secondary N) is 1. The highest BCUT2D eigenvalue weighted by atomic mass is 16.5. The minimum atomic E-state index is 0.0297. The van der Waals surface area contributed by atoms with Gasteiger partial charge in [0.1, 0.15) is 0 Å². The van der Waals surface area contributed by atoms with Crippen molar-refractivity contribution in [1.82, 2.24) is 20.3 Å². The fourth-order valence-corrected chi connectivity index (χ4v) is 1.91. The monoisotopic (exact) mass is 276 g/mol. The highest BCUT2D eigenvalue weighted by molar-refractivity contribution is 5.32. The lowest BCUT2D eigenvalue weighted by Crippen LogP contribution is -2.25. The van der Waals surface area contributed by atoms with Crippen molar-refractivity contribution in [2.75, 3.05) is 34.0 Å². The maximum absolute atomic E-state index is 5.59. The van der Waals surface area contributed by atoms with Crippen LogP contribution in [0.1, 0.15) is 11.7 Å². The Balaban J connectivity index is 2.09. The second-order valence-corrected chi connectivity index (χ2v) is 4.32. The zero-order valence-electron chi connectivity index (χ0n) is 11.8. The first-order valence-corrected chi connectivity index (χ1v) is 6.56. The summed E-state index contributed by atoms with van der Waals surface area (Å²) in [4.78, 5) is 0. The molecule has 1 aromatic heterocycles. The van der Waals surface area contributed by atoms with E-state index >= 15 is 0 Å². The molecule has 1 unspecified atom stereocenters. The van der Waals surface area contributed by atoms with E-state index in [0.29, 0.717) is 19.8 Å². The molecule has 0 saturated heterocycles. The third kappa shape index (κ3) is 3.63. The second kappa shape index (κ2) is 7.74. The van der Waals surface area contributed by atoms with Crippen molar-refractivity contribution >= 4 is 0 Å². The molecule has 2 aromatic rings. The summed E-state index contributed by atoms with van der Waals surface area (Å²) in [5, 5.41) is 11.4. The average Bonchev–Trinajstić information content (AvgIpc) is 2.98. The highest BCUT2D eigenvalue weighted by Gasteiger charge is 2.16. The van der Waals surface area contributed by atoms with Gasteiger partial charge in [-0.15, -0.1) is 5.10 Å². The molecule has 108 valence electrons. The van der Waals surface area contributed by atoms with Crippen LogP contribution >= 0.6 is 0 Å². The zero-order valence-corrected chi connectivity index (χ0v) is 11.8. The molecule has 1 atom stereocenters. The third-order valence-corrected chi connectivity index (χ3v) is 3.00. The lowest BCUT2D eigenvalue weighted by Gasteiger charge is -2.17. The molecule has 0 spiro atoms. The molecular weight excluding hydrogens is 256 g/mol. The molecule has 0 aliphatic heterocycles. The zero-order chi connectivity index (χ0) is 14.2. The quantitative estimate of drug-likeness (QED) is 0.734. The molecule has 2 rings (SSSR count). The van der Waals surface area contributed by atoms with E-state index in [1.165, 1.54) is 0 Å². The SMILES string of the molecule is CNC(COCCOC)c1cnnn1-c1ccccc1. The normalized spacial score (nSPS) is 12.5. The molecule has 6 nitrogen and oxygen atoms in total. The predicted molar refractivity (Wildman–Crippen MR) is 75.9 cm³/mol. The summed E-state index contributed by atoms with van der Waals surface area (Å²) < 4.78 is 12.4.